The van der Waals surface area contributed by atoms with Crippen molar-refractivity contribution in [3.63, 3.8) is 0 Å². The minimum absolute atomic E-state index is 0.0127. The second kappa shape index (κ2) is 4.97. The maximum atomic E-state index is 13.0. The first-order valence-corrected chi connectivity index (χ1v) is 9.17. The van der Waals surface area contributed by atoms with Crippen LogP contribution in [0.15, 0.2) is 18.2 Å². The van der Waals surface area contributed by atoms with Crippen LogP contribution >= 0.6 is 0 Å². The molecule has 5 atom stereocenters. The average molecular weight is 341 g/mol. The van der Waals surface area contributed by atoms with Crippen LogP contribution in [-0.2, 0) is 16.0 Å². The van der Waals surface area contributed by atoms with Crippen LogP contribution in [0.5, 0.6) is 5.75 Å². The van der Waals surface area contributed by atoms with Crippen LogP contribution < -0.4 is 10.1 Å². The van der Waals surface area contributed by atoms with E-state index in [1.807, 2.05) is 17.9 Å². The minimum atomic E-state index is -0.482. The zero-order valence-corrected chi connectivity index (χ0v) is 14.6. The van der Waals surface area contributed by atoms with E-state index >= 15 is 0 Å². The van der Waals surface area contributed by atoms with E-state index in [4.69, 9.17) is 4.74 Å². The topological polar surface area (TPSA) is 61.6 Å². The molecular weight excluding hydrogens is 318 g/mol. The molecule has 4 aliphatic heterocycles. The predicted octanol–water partition coefficient (Wildman–Crippen LogP) is 0.856. The van der Waals surface area contributed by atoms with Crippen LogP contribution in [0.4, 0.5) is 0 Å². The maximum Gasteiger partial charge on any atom is 0.242 e. The highest BCUT2D eigenvalue weighted by Crippen LogP contribution is 2.63. The molecule has 4 heterocycles. The molecule has 2 amide bonds. The molecule has 0 radical (unpaired) electrons. The normalized spacial score (nSPS) is 37.0. The van der Waals surface area contributed by atoms with Gasteiger partial charge in [-0.2, -0.15) is 0 Å². The minimum Gasteiger partial charge on any atom is -0.497 e. The molecule has 5 rings (SSSR count). The molecule has 6 nitrogen and oxygen atoms in total. The van der Waals surface area contributed by atoms with Gasteiger partial charge in [0.25, 0.3) is 0 Å². The van der Waals surface area contributed by atoms with Crippen LogP contribution in [0, 0.1) is 0 Å². The Morgan fingerprint density at radius 2 is 2.28 bits per heavy atom. The van der Waals surface area contributed by atoms with Crippen molar-refractivity contribution in [2.24, 2.45) is 0 Å². The van der Waals surface area contributed by atoms with Crippen molar-refractivity contribution in [1.82, 2.24) is 15.1 Å². The largest absolute Gasteiger partial charge is 0.497 e. The lowest BCUT2D eigenvalue weighted by molar-refractivity contribution is -0.142. The van der Waals surface area contributed by atoms with Gasteiger partial charge < -0.3 is 15.0 Å². The number of rotatable bonds is 3. The summed E-state index contributed by atoms with van der Waals surface area (Å²) in [5.74, 6) is 1.14. The first-order valence-electron chi connectivity index (χ1n) is 9.17. The number of hydrogen-bond donors (Lipinski definition) is 1. The number of likely N-dealkylation sites (N-methyl/N-ethyl adjacent to an activating group) is 1. The molecule has 132 valence electrons. The van der Waals surface area contributed by atoms with E-state index < -0.39 is 5.54 Å². The highest BCUT2D eigenvalue weighted by molar-refractivity contribution is 5.97. The molecule has 1 aromatic carbocycles. The molecule has 3 fully saturated rings. The molecule has 5 unspecified atom stereocenters. The number of ether oxygens (including phenoxy) is 1. The van der Waals surface area contributed by atoms with Gasteiger partial charge in [-0.25, -0.2) is 0 Å². The second-order valence-corrected chi connectivity index (χ2v) is 7.48. The highest BCUT2D eigenvalue weighted by Gasteiger charge is 2.79. The van der Waals surface area contributed by atoms with Gasteiger partial charge in [0, 0.05) is 13.1 Å². The van der Waals surface area contributed by atoms with Gasteiger partial charge in [0.05, 0.1) is 25.2 Å². The van der Waals surface area contributed by atoms with Gasteiger partial charge in [0.1, 0.15) is 11.3 Å². The lowest BCUT2D eigenvalue weighted by atomic mass is 9.82. The van der Waals surface area contributed by atoms with Crippen molar-refractivity contribution in [1.29, 1.82) is 0 Å². The first-order chi connectivity index (χ1) is 12.1. The Morgan fingerprint density at radius 3 is 3.04 bits per heavy atom. The van der Waals surface area contributed by atoms with E-state index in [0.29, 0.717) is 6.54 Å². The predicted molar refractivity (Wildman–Crippen MR) is 91.2 cm³/mol. The van der Waals surface area contributed by atoms with Gasteiger partial charge >= 0.3 is 0 Å². The summed E-state index contributed by atoms with van der Waals surface area (Å²) in [6, 6.07) is 6.12. The van der Waals surface area contributed by atoms with E-state index in [1.54, 1.807) is 7.11 Å². The van der Waals surface area contributed by atoms with Gasteiger partial charge in [-0.3, -0.25) is 14.5 Å². The number of carbonyl (C=O) groups excluding carboxylic acids is 2. The van der Waals surface area contributed by atoms with Crippen molar-refractivity contribution < 1.29 is 14.3 Å². The van der Waals surface area contributed by atoms with Crippen LogP contribution in [-0.4, -0.2) is 59.4 Å². The lowest BCUT2D eigenvalue weighted by Crippen LogP contribution is -2.54. The van der Waals surface area contributed by atoms with Crippen molar-refractivity contribution in [2.45, 2.75) is 49.9 Å². The Kier molecular flexibility index (Phi) is 3.02. The third-order valence-corrected chi connectivity index (χ3v) is 6.54. The molecule has 3 saturated heterocycles. The Labute approximate surface area is 147 Å². The summed E-state index contributed by atoms with van der Waals surface area (Å²) < 4.78 is 5.36. The summed E-state index contributed by atoms with van der Waals surface area (Å²) in [6.45, 7) is 3.31. The van der Waals surface area contributed by atoms with Crippen molar-refractivity contribution in [3.05, 3.63) is 29.3 Å². The third-order valence-electron chi connectivity index (χ3n) is 6.54. The summed E-state index contributed by atoms with van der Waals surface area (Å²) in [5, 5.41) is 3.00. The van der Waals surface area contributed by atoms with E-state index in [9.17, 15) is 9.59 Å². The summed E-state index contributed by atoms with van der Waals surface area (Å²) in [4.78, 5) is 30.1. The fourth-order valence-electron chi connectivity index (χ4n) is 5.50. The number of methoxy groups -OCH3 is 1. The average Bonchev–Trinajstić information content (AvgIpc) is 3.13. The van der Waals surface area contributed by atoms with Gasteiger partial charge in [-0.15, -0.1) is 0 Å². The quantitative estimate of drug-likeness (QED) is 0.829. The van der Waals surface area contributed by atoms with Crippen LogP contribution in [0.2, 0.25) is 0 Å². The van der Waals surface area contributed by atoms with Crippen LogP contribution in [0.1, 0.15) is 36.9 Å². The summed E-state index contributed by atoms with van der Waals surface area (Å²) >= 11 is 0. The number of fused-ring (bicyclic) bond motifs is 5. The second-order valence-electron chi connectivity index (χ2n) is 7.48. The maximum absolute atomic E-state index is 13.0. The zero-order chi connectivity index (χ0) is 17.3. The first kappa shape index (κ1) is 15.2. The van der Waals surface area contributed by atoms with Gasteiger partial charge in [0.2, 0.25) is 11.8 Å². The molecule has 0 spiro atoms. The molecule has 1 aromatic rings. The Morgan fingerprint density at radius 1 is 1.44 bits per heavy atom. The third kappa shape index (κ3) is 1.73. The fourth-order valence-corrected chi connectivity index (χ4v) is 5.50. The summed E-state index contributed by atoms with van der Waals surface area (Å²) in [6.07, 6.45) is 2.43. The number of piperidine rings is 1. The SMILES string of the molecule is CCNC(=O)C12CCC3C(=O)N4CCc5cc(OC)ccc5C4C1N32. The number of piperazine rings is 1. The summed E-state index contributed by atoms with van der Waals surface area (Å²) in [5.41, 5.74) is 1.94. The molecule has 4 aliphatic rings. The number of nitrogens with zero attached hydrogens (tertiary/aromatic N) is 2. The van der Waals surface area contributed by atoms with Crippen molar-refractivity contribution in [3.8, 4) is 5.75 Å². The van der Waals surface area contributed by atoms with E-state index in [1.165, 1.54) is 11.1 Å². The van der Waals surface area contributed by atoms with Gasteiger partial charge in [-0.1, -0.05) is 6.07 Å². The molecule has 0 aliphatic carbocycles. The Bertz CT molecular complexity index is 779. The summed E-state index contributed by atoms with van der Waals surface area (Å²) in [7, 11) is 1.67. The standard InChI is InChI=1S/C19H23N3O3/c1-3-20-18(24)19-8-6-14-17(23)21-9-7-11-10-12(25-2)4-5-13(11)15(21)16(19)22(14)19/h4-5,10,14-16H,3,6-9H2,1-2H3,(H,20,24). The molecule has 0 aromatic heterocycles. The number of carbonyl (C=O) groups is 2. The lowest BCUT2D eigenvalue weighted by Gasteiger charge is -2.43. The fraction of sp³-hybridized carbons (Fsp3) is 0.579. The van der Waals surface area contributed by atoms with Gasteiger partial charge in [-0.05, 0) is 49.4 Å². The van der Waals surface area contributed by atoms with E-state index in [2.05, 4.69) is 22.3 Å². The van der Waals surface area contributed by atoms with E-state index in [0.717, 1.165) is 31.6 Å². The molecular formula is C19H23N3O3. The molecule has 6 heteroatoms. The molecule has 25 heavy (non-hydrogen) atoms. The Balaban J connectivity index is 1.59. The van der Waals surface area contributed by atoms with Gasteiger partial charge in [0.15, 0.2) is 0 Å². The highest BCUT2D eigenvalue weighted by atomic mass is 16.5. The van der Waals surface area contributed by atoms with Crippen molar-refractivity contribution in [2.75, 3.05) is 20.2 Å². The molecule has 1 N–H and O–H groups in total. The number of hydrogen-bond acceptors (Lipinski definition) is 4. The monoisotopic (exact) mass is 341 g/mol. The van der Waals surface area contributed by atoms with Crippen LogP contribution in [0.25, 0.3) is 0 Å². The zero-order valence-electron chi connectivity index (χ0n) is 14.6. The van der Waals surface area contributed by atoms with Crippen molar-refractivity contribution >= 4 is 11.8 Å². The smallest absolute Gasteiger partial charge is 0.242 e. The molecule has 0 saturated carbocycles. The number of nitrogens with one attached hydrogen (secondary N) is 1. The van der Waals surface area contributed by atoms with E-state index in [-0.39, 0.29) is 29.9 Å². The van der Waals surface area contributed by atoms with Crippen LogP contribution in [0.3, 0.4) is 0 Å². The number of benzene rings is 1. The Hall–Kier alpha value is -2.08. The number of amides is 2. The molecule has 0 bridgehead atoms.